The lowest BCUT2D eigenvalue weighted by Crippen LogP contribution is -2.38. The summed E-state index contributed by atoms with van der Waals surface area (Å²) >= 11 is 0. The second-order valence-corrected chi connectivity index (χ2v) is 15.0. The number of alkyl halides is 3. The smallest absolute Gasteiger partial charge is 0.309 e. The summed E-state index contributed by atoms with van der Waals surface area (Å²) in [6, 6.07) is 57.1. The van der Waals surface area contributed by atoms with Crippen molar-refractivity contribution in [1.82, 2.24) is 9.13 Å². The highest BCUT2D eigenvalue weighted by Gasteiger charge is 2.44. The van der Waals surface area contributed by atoms with Gasteiger partial charge in [-0.1, -0.05) is 142 Å². The second kappa shape index (κ2) is 14.2. The maximum absolute atomic E-state index is 14.6. The van der Waals surface area contributed by atoms with E-state index in [0.717, 1.165) is 70.3 Å². The number of aromatic nitrogens is 2. The molecule has 7 aromatic carbocycles. The minimum atomic E-state index is -4.48. The van der Waals surface area contributed by atoms with Gasteiger partial charge in [0.05, 0.1) is 27.6 Å². The van der Waals surface area contributed by atoms with Gasteiger partial charge in [-0.15, -0.1) is 0 Å². The molecule has 9 aromatic rings. The molecule has 0 aliphatic heterocycles. The number of fused-ring (bicyclic) bond motifs is 6. The van der Waals surface area contributed by atoms with Crippen LogP contribution in [0, 0.1) is 5.92 Å². The first-order valence-electron chi connectivity index (χ1n) is 19.7. The summed E-state index contributed by atoms with van der Waals surface area (Å²) in [5, 5.41) is 4.72. The van der Waals surface area contributed by atoms with Crippen LogP contribution in [0.1, 0.15) is 61.8 Å². The van der Waals surface area contributed by atoms with E-state index in [-0.39, 0.29) is 5.92 Å². The first-order chi connectivity index (χ1) is 27.3. The fraction of sp³-hybridized carbons (Fsp3) is 0.176. The molecule has 0 atom stereocenters. The van der Waals surface area contributed by atoms with Crippen molar-refractivity contribution >= 4 is 43.6 Å². The molecule has 0 amide bonds. The summed E-state index contributed by atoms with van der Waals surface area (Å²) in [6.07, 6.45) is -0.956. The highest BCUT2D eigenvalue weighted by atomic mass is 19.4. The largest absolute Gasteiger partial charge is 0.416 e. The Hall–Kier alpha value is -6.07. The third kappa shape index (κ3) is 5.71. The fourth-order valence-corrected chi connectivity index (χ4v) is 9.57. The Balaban J connectivity index is 1.29. The van der Waals surface area contributed by atoms with Gasteiger partial charge in [0, 0.05) is 38.3 Å². The fourth-order valence-electron chi connectivity index (χ4n) is 9.57. The molecule has 2 aromatic heterocycles. The zero-order chi connectivity index (χ0) is 38.4. The lowest BCUT2D eigenvalue weighted by molar-refractivity contribution is -0.137. The number of halogens is 3. The van der Waals surface area contributed by atoms with Crippen molar-refractivity contribution in [2.45, 2.75) is 51.1 Å². The van der Waals surface area contributed by atoms with Gasteiger partial charge in [0.15, 0.2) is 0 Å². The Morgan fingerprint density at radius 3 is 1.12 bits per heavy atom. The maximum Gasteiger partial charge on any atom is 0.416 e. The normalized spacial score (nSPS) is 12.5. The first-order valence-corrected chi connectivity index (χ1v) is 19.7. The first kappa shape index (κ1) is 35.6. The van der Waals surface area contributed by atoms with Crippen molar-refractivity contribution in [3.05, 3.63) is 192 Å². The van der Waals surface area contributed by atoms with Crippen LogP contribution in [-0.4, -0.2) is 9.13 Å². The average Bonchev–Trinajstić information content (AvgIpc) is 3.75. The van der Waals surface area contributed by atoms with Gasteiger partial charge in [-0.2, -0.15) is 13.2 Å². The minimum absolute atomic E-state index is 0.0270. The predicted molar refractivity (Wildman–Crippen MR) is 226 cm³/mol. The third-order valence-electron chi connectivity index (χ3n) is 11.9. The van der Waals surface area contributed by atoms with Gasteiger partial charge in [-0.25, -0.2) is 0 Å². The second-order valence-electron chi connectivity index (χ2n) is 15.0. The minimum Gasteiger partial charge on any atom is -0.309 e. The van der Waals surface area contributed by atoms with Crippen molar-refractivity contribution in [1.29, 1.82) is 0 Å². The van der Waals surface area contributed by atoms with Crippen LogP contribution in [-0.2, 0) is 11.6 Å². The molecule has 56 heavy (non-hydrogen) atoms. The van der Waals surface area contributed by atoms with E-state index in [4.69, 9.17) is 0 Å². The Morgan fingerprint density at radius 1 is 0.411 bits per heavy atom. The maximum atomic E-state index is 14.6. The monoisotopic (exact) mass is 740 g/mol. The molecule has 0 radical (unpaired) electrons. The van der Waals surface area contributed by atoms with E-state index in [9.17, 15) is 13.2 Å². The molecule has 0 N–H and O–H groups in total. The van der Waals surface area contributed by atoms with Crippen LogP contribution >= 0.6 is 0 Å². The molecule has 0 aliphatic carbocycles. The molecule has 9 rings (SSSR count). The van der Waals surface area contributed by atoms with Gasteiger partial charge in [0.25, 0.3) is 0 Å². The average molecular weight is 741 g/mol. The summed E-state index contributed by atoms with van der Waals surface area (Å²) in [6.45, 7) is 4.35. The quantitative estimate of drug-likeness (QED) is 0.124. The standard InChI is InChI=1S/C51H43F3N2/c1-3-14-35(15-4-2)50(38-16-13-17-39(34-38)51(52,53)54,36-26-30-40(31-27-36)55-46-22-9-5-18-42(46)43-19-6-10-23-47(43)55)37-28-32-41(33-29-37)56-48-24-11-7-20-44(48)45-21-8-12-25-49(45)56/h5-13,16-35H,3-4,14-15H2,1-2H3. The summed E-state index contributed by atoms with van der Waals surface area (Å²) in [5.41, 5.74) is 7.59. The molecule has 0 unspecified atom stereocenters. The van der Waals surface area contributed by atoms with Crippen molar-refractivity contribution in [3.63, 3.8) is 0 Å². The molecule has 2 nitrogen and oxygen atoms in total. The van der Waals surface area contributed by atoms with Crippen LogP contribution in [0.3, 0.4) is 0 Å². The molecule has 278 valence electrons. The summed E-state index contributed by atoms with van der Waals surface area (Å²) in [7, 11) is 0. The van der Waals surface area contributed by atoms with E-state index in [1.807, 2.05) is 6.07 Å². The summed E-state index contributed by atoms with van der Waals surface area (Å²) in [5.74, 6) is 0.0270. The van der Waals surface area contributed by atoms with E-state index in [2.05, 4.69) is 169 Å². The number of hydrogen-bond donors (Lipinski definition) is 0. The molecular weight excluding hydrogens is 698 g/mol. The molecule has 0 fully saturated rings. The van der Waals surface area contributed by atoms with Crippen molar-refractivity contribution in [2.75, 3.05) is 0 Å². The molecule has 0 bridgehead atoms. The Labute approximate surface area is 325 Å². The topological polar surface area (TPSA) is 9.86 Å². The van der Waals surface area contributed by atoms with Gasteiger partial charge < -0.3 is 9.13 Å². The molecule has 5 heteroatoms. The molecular formula is C51H43F3N2. The number of nitrogens with zero attached hydrogens (tertiary/aromatic N) is 2. The zero-order valence-electron chi connectivity index (χ0n) is 31.6. The van der Waals surface area contributed by atoms with Gasteiger partial charge in [0.2, 0.25) is 0 Å². The third-order valence-corrected chi connectivity index (χ3v) is 11.9. The van der Waals surface area contributed by atoms with E-state index >= 15 is 0 Å². The Bertz CT molecular complexity index is 2550. The van der Waals surface area contributed by atoms with Crippen LogP contribution < -0.4 is 0 Å². The van der Waals surface area contributed by atoms with Gasteiger partial charge in [-0.05, 0) is 90.0 Å². The number of para-hydroxylation sites is 4. The van der Waals surface area contributed by atoms with Crippen LogP contribution in [0.2, 0.25) is 0 Å². The van der Waals surface area contributed by atoms with Gasteiger partial charge in [-0.3, -0.25) is 0 Å². The van der Waals surface area contributed by atoms with Crippen LogP contribution in [0.25, 0.3) is 55.0 Å². The van der Waals surface area contributed by atoms with E-state index < -0.39 is 17.2 Å². The van der Waals surface area contributed by atoms with Crippen molar-refractivity contribution in [3.8, 4) is 11.4 Å². The molecule has 0 aliphatic rings. The Kier molecular flexibility index (Phi) is 9.04. The van der Waals surface area contributed by atoms with Crippen LogP contribution in [0.15, 0.2) is 170 Å². The lowest BCUT2D eigenvalue weighted by Gasteiger charge is -2.43. The molecule has 0 spiro atoms. The van der Waals surface area contributed by atoms with Crippen LogP contribution in [0.5, 0.6) is 0 Å². The number of rotatable bonds is 10. The lowest BCUT2D eigenvalue weighted by atomic mass is 9.59. The summed E-state index contributed by atoms with van der Waals surface area (Å²) < 4.78 is 48.3. The van der Waals surface area contributed by atoms with Gasteiger partial charge >= 0.3 is 6.18 Å². The van der Waals surface area contributed by atoms with Crippen molar-refractivity contribution in [2.24, 2.45) is 5.92 Å². The van der Waals surface area contributed by atoms with E-state index in [1.54, 1.807) is 6.07 Å². The molecule has 0 saturated carbocycles. The highest BCUT2D eigenvalue weighted by molar-refractivity contribution is 6.10. The van der Waals surface area contributed by atoms with E-state index in [1.165, 1.54) is 33.7 Å². The highest BCUT2D eigenvalue weighted by Crippen LogP contribution is 2.50. The molecule has 0 saturated heterocycles. The summed E-state index contributed by atoms with van der Waals surface area (Å²) in [4.78, 5) is 0. The van der Waals surface area contributed by atoms with Gasteiger partial charge in [0.1, 0.15) is 0 Å². The van der Waals surface area contributed by atoms with Crippen LogP contribution in [0.4, 0.5) is 13.2 Å². The van der Waals surface area contributed by atoms with E-state index in [0.29, 0.717) is 5.56 Å². The SMILES string of the molecule is CCCC(CCC)C(c1ccc(-n2c3ccccc3c3ccccc32)cc1)(c1ccc(-n2c3ccccc3c3ccccc32)cc1)c1cccc(C(F)(F)F)c1. The van der Waals surface area contributed by atoms with Crippen molar-refractivity contribution < 1.29 is 13.2 Å². The predicted octanol–water partition coefficient (Wildman–Crippen LogP) is 14.5. The molecule has 2 heterocycles. The zero-order valence-corrected chi connectivity index (χ0v) is 31.6. The number of hydrogen-bond acceptors (Lipinski definition) is 0. The number of benzene rings is 7. The Morgan fingerprint density at radius 2 is 0.768 bits per heavy atom.